The lowest BCUT2D eigenvalue weighted by Crippen LogP contribution is -1.80. The highest BCUT2D eigenvalue weighted by Gasteiger charge is 2.02. The molecule has 0 bridgehead atoms. The minimum Gasteiger partial charge on any atom is -0.507 e. The monoisotopic (exact) mass is 273 g/mol. The number of nitrogens with zero attached hydrogens (tertiary/aromatic N) is 1. The standard InChI is InChI=1S/C19H15NO/c21-19-13-12-15-7-4-5-10-17(15)18(19)11-6-14-20-16-8-2-1-3-9-16/h1-14,21H/b11-6+,20-14?. The summed E-state index contributed by atoms with van der Waals surface area (Å²) in [6, 6.07) is 21.4. The fourth-order valence-corrected chi connectivity index (χ4v) is 2.24. The normalized spacial score (nSPS) is 11.6. The maximum Gasteiger partial charge on any atom is 0.123 e. The van der Waals surface area contributed by atoms with E-state index in [0.717, 1.165) is 22.0 Å². The molecule has 0 amide bonds. The second-order valence-corrected chi connectivity index (χ2v) is 4.69. The molecule has 0 radical (unpaired) electrons. The number of para-hydroxylation sites is 1. The summed E-state index contributed by atoms with van der Waals surface area (Å²) < 4.78 is 0. The number of aliphatic imine (C=N–C) groups is 1. The fraction of sp³-hybridized carbons (Fsp3) is 0. The van der Waals surface area contributed by atoms with Crippen molar-refractivity contribution in [3.8, 4) is 5.75 Å². The molecule has 2 heteroatoms. The molecule has 0 saturated heterocycles. The second-order valence-electron chi connectivity index (χ2n) is 4.69. The van der Waals surface area contributed by atoms with E-state index in [4.69, 9.17) is 0 Å². The summed E-state index contributed by atoms with van der Waals surface area (Å²) in [6.45, 7) is 0. The third-order valence-electron chi connectivity index (χ3n) is 3.28. The first-order valence-corrected chi connectivity index (χ1v) is 6.81. The van der Waals surface area contributed by atoms with Crippen LogP contribution >= 0.6 is 0 Å². The Morgan fingerprint density at radius 3 is 2.43 bits per heavy atom. The molecule has 0 unspecified atom stereocenters. The van der Waals surface area contributed by atoms with Gasteiger partial charge in [-0.05, 0) is 41.1 Å². The van der Waals surface area contributed by atoms with Crippen molar-refractivity contribution < 1.29 is 5.11 Å². The SMILES string of the molecule is Oc1ccc2ccccc2c1/C=C/C=Nc1ccccc1. The van der Waals surface area contributed by atoms with Crippen LogP contribution in [0.5, 0.6) is 5.75 Å². The van der Waals surface area contributed by atoms with E-state index in [2.05, 4.69) is 4.99 Å². The fourth-order valence-electron chi connectivity index (χ4n) is 2.24. The first-order valence-electron chi connectivity index (χ1n) is 6.81. The Morgan fingerprint density at radius 1 is 0.810 bits per heavy atom. The first-order chi connectivity index (χ1) is 10.3. The number of benzene rings is 3. The smallest absolute Gasteiger partial charge is 0.123 e. The Kier molecular flexibility index (Phi) is 3.79. The zero-order valence-corrected chi connectivity index (χ0v) is 11.5. The molecule has 21 heavy (non-hydrogen) atoms. The van der Waals surface area contributed by atoms with Crippen LogP contribution in [0.25, 0.3) is 16.8 Å². The summed E-state index contributed by atoms with van der Waals surface area (Å²) in [6.07, 6.45) is 5.45. The van der Waals surface area contributed by atoms with Crippen molar-refractivity contribution in [1.82, 2.24) is 0 Å². The zero-order chi connectivity index (χ0) is 14.5. The van der Waals surface area contributed by atoms with Gasteiger partial charge in [0.2, 0.25) is 0 Å². The van der Waals surface area contributed by atoms with Crippen LogP contribution in [-0.4, -0.2) is 11.3 Å². The van der Waals surface area contributed by atoms with Crippen LogP contribution in [-0.2, 0) is 0 Å². The van der Waals surface area contributed by atoms with Gasteiger partial charge in [0.25, 0.3) is 0 Å². The van der Waals surface area contributed by atoms with E-state index in [-0.39, 0.29) is 5.75 Å². The van der Waals surface area contributed by atoms with Crippen molar-refractivity contribution in [1.29, 1.82) is 0 Å². The molecule has 3 aromatic carbocycles. The highest BCUT2D eigenvalue weighted by Crippen LogP contribution is 2.28. The molecule has 0 heterocycles. The molecular formula is C19H15NO. The molecule has 0 saturated carbocycles. The Hall–Kier alpha value is -2.87. The highest BCUT2D eigenvalue weighted by molar-refractivity contribution is 5.95. The first kappa shape index (κ1) is 13.1. The van der Waals surface area contributed by atoms with Crippen molar-refractivity contribution in [2.24, 2.45) is 4.99 Å². The number of hydrogen-bond donors (Lipinski definition) is 1. The van der Waals surface area contributed by atoms with Crippen molar-refractivity contribution >= 4 is 28.8 Å². The molecular weight excluding hydrogens is 258 g/mol. The van der Waals surface area contributed by atoms with Crippen LogP contribution < -0.4 is 0 Å². The minimum absolute atomic E-state index is 0.276. The number of rotatable bonds is 3. The Bertz CT molecular complexity index is 804. The molecule has 2 nitrogen and oxygen atoms in total. The van der Waals surface area contributed by atoms with Crippen LogP contribution in [0, 0.1) is 0 Å². The number of aromatic hydroxyl groups is 1. The van der Waals surface area contributed by atoms with Crippen molar-refractivity contribution in [3.63, 3.8) is 0 Å². The highest BCUT2D eigenvalue weighted by atomic mass is 16.3. The third-order valence-corrected chi connectivity index (χ3v) is 3.28. The molecule has 0 spiro atoms. The Balaban J connectivity index is 1.89. The van der Waals surface area contributed by atoms with E-state index in [1.807, 2.05) is 72.8 Å². The van der Waals surface area contributed by atoms with Crippen LogP contribution in [0.4, 0.5) is 5.69 Å². The molecule has 3 rings (SSSR count). The van der Waals surface area contributed by atoms with Gasteiger partial charge >= 0.3 is 0 Å². The topological polar surface area (TPSA) is 32.6 Å². The van der Waals surface area contributed by atoms with Gasteiger partial charge in [-0.25, -0.2) is 0 Å². The summed E-state index contributed by atoms with van der Waals surface area (Å²) in [7, 11) is 0. The summed E-state index contributed by atoms with van der Waals surface area (Å²) in [5.74, 6) is 0.276. The molecule has 0 aliphatic heterocycles. The van der Waals surface area contributed by atoms with E-state index < -0.39 is 0 Å². The molecule has 3 aromatic rings. The van der Waals surface area contributed by atoms with Crippen LogP contribution in [0.2, 0.25) is 0 Å². The van der Waals surface area contributed by atoms with Gasteiger partial charge < -0.3 is 5.11 Å². The Labute approximate surface area is 123 Å². The maximum atomic E-state index is 10.0. The number of allylic oxidation sites excluding steroid dienone is 1. The molecule has 0 atom stereocenters. The van der Waals surface area contributed by atoms with Gasteiger partial charge in [-0.1, -0.05) is 48.5 Å². The molecule has 0 aromatic heterocycles. The summed E-state index contributed by atoms with van der Waals surface area (Å²) >= 11 is 0. The van der Waals surface area contributed by atoms with E-state index in [1.165, 1.54) is 0 Å². The van der Waals surface area contributed by atoms with Crippen LogP contribution in [0.1, 0.15) is 5.56 Å². The van der Waals surface area contributed by atoms with Crippen LogP contribution in [0.15, 0.2) is 77.8 Å². The average Bonchev–Trinajstić information content (AvgIpc) is 2.54. The van der Waals surface area contributed by atoms with E-state index in [0.29, 0.717) is 0 Å². The van der Waals surface area contributed by atoms with Gasteiger partial charge in [-0.2, -0.15) is 0 Å². The molecule has 1 N–H and O–H groups in total. The van der Waals surface area contributed by atoms with Crippen molar-refractivity contribution in [3.05, 3.63) is 78.4 Å². The van der Waals surface area contributed by atoms with Crippen molar-refractivity contribution in [2.45, 2.75) is 0 Å². The molecule has 0 aliphatic carbocycles. The number of hydrogen-bond acceptors (Lipinski definition) is 2. The summed E-state index contributed by atoms with van der Waals surface area (Å²) in [5.41, 5.74) is 1.72. The summed E-state index contributed by atoms with van der Waals surface area (Å²) in [5, 5.41) is 12.2. The molecule has 0 aliphatic rings. The van der Waals surface area contributed by atoms with Gasteiger partial charge in [-0.3, -0.25) is 4.99 Å². The Morgan fingerprint density at radius 2 is 1.57 bits per heavy atom. The quantitative estimate of drug-likeness (QED) is 0.672. The minimum atomic E-state index is 0.276. The van der Waals surface area contributed by atoms with Gasteiger partial charge in [0.15, 0.2) is 0 Å². The summed E-state index contributed by atoms with van der Waals surface area (Å²) in [4.78, 5) is 4.34. The van der Waals surface area contributed by atoms with Crippen molar-refractivity contribution in [2.75, 3.05) is 0 Å². The average molecular weight is 273 g/mol. The van der Waals surface area contributed by atoms with Crippen LogP contribution in [0.3, 0.4) is 0 Å². The van der Waals surface area contributed by atoms with E-state index in [9.17, 15) is 5.11 Å². The number of phenols is 1. The lowest BCUT2D eigenvalue weighted by molar-refractivity contribution is 0.475. The third kappa shape index (κ3) is 3.00. The predicted octanol–water partition coefficient (Wildman–Crippen LogP) is 4.96. The molecule has 102 valence electrons. The lowest BCUT2D eigenvalue weighted by Gasteiger charge is -2.04. The van der Waals surface area contributed by atoms with Gasteiger partial charge in [0.05, 0.1) is 5.69 Å². The maximum absolute atomic E-state index is 10.0. The zero-order valence-electron chi connectivity index (χ0n) is 11.5. The predicted molar refractivity (Wildman–Crippen MR) is 89.2 cm³/mol. The van der Waals surface area contributed by atoms with E-state index in [1.54, 1.807) is 12.3 Å². The van der Waals surface area contributed by atoms with Gasteiger partial charge in [-0.15, -0.1) is 0 Å². The second kappa shape index (κ2) is 6.06. The van der Waals surface area contributed by atoms with Gasteiger partial charge in [0.1, 0.15) is 5.75 Å². The van der Waals surface area contributed by atoms with E-state index >= 15 is 0 Å². The largest absolute Gasteiger partial charge is 0.507 e. The lowest BCUT2D eigenvalue weighted by atomic mass is 10.0. The number of phenolic OH excluding ortho intramolecular Hbond substituents is 1. The number of fused-ring (bicyclic) bond motifs is 1. The molecule has 0 fully saturated rings. The van der Waals surface area contributed by atoms with Gasteiger partial charge in [0, 0.05) is 11.8 Å².